The number of aliphatic hydroxyl groups is 1. The first-order valence-electron chi connectivity index (χ1n) is 4.35. The molecule has 0 amide bonds. The number of aromatic nitrogens is 2. The van der Waals surface area contributed by atoms with Gasteiger partial charge in [-0.2, -0.15) is 6.20 Å². The first-order chi connectivity index (χ1) is 7.20. The number of anilines is 1. The molecule has 1 aromatic heterocycles. The molecular formula is C8H10N3O3SY+2. The maximum atomic E-state index is 11.4. The molecule has 0 bridgehead atoms. The smallest absolute Gasteiger partial charge is 0.413 e. The van der Waals surface area contributed by atoms with E-state index in [1.807, 2.05) is 0 Å². The van der Waals surface area contributed by atoms with Crippen LogP contribution in [0.1, 0.15) is 6.23 Å². The van der Waals surface area contributed by atoms with Crippen LogP contribution < -0.4 is 11.4 Å². The van der Waals surface area contributed by atoms with Crippen LogP contribution >= 0.6 is 11.8 Å². The summed E-state index contributed by atoms with van der Waals surface area (Å²) >= 11 is 1.45. The Labute approximate surface area is 121 Å². The fourth-order valence-corrected chi connectivity index (χ4v) is 2.21. The summed E-state index contributed by atoms with van der Waals surface area (Å²) in [7, 11) is 0. The van der Waals surface area contributed by atoms with Crippen LogP contribution in [0.2, 0.25) is 0 Å². The average Bonchev–Trinajstić information content (AvgIpc) is 2.66. The predicted molar refractivity (Wildman–Crippen MR) is 55.2 cm³/mol. The van der Waals surface area contributed by atoms with E-state index in [1.54, 1.807) is 0 Å². The van der Waals surface area contributed by atoms with Crippen LogP contribution in [0.3, 0.4) is 0 Å². The summed E-state index contributed by atoms with van der Waals surface area (Å²) in [6.07, 6.45) is 1.03. The van der Waals surface area contributed by atoms with Gasteiger partial charge in [0.15, 0.2) is 0 Å². The Morgan fingerprint density at radius 3 is 3.12 bits per heavy atom. The molecule has 0 radical (unpaired) electrons. The third-order valence-electron chi connectivity index (χ3n) is 1.98. The molecule has 1 aliphatic heterocycles. The quantitative estimate of drug-likeness (QED) is 0.695. The fourth-order valence-electron chi connectivity index (χ4n) is 1.28. The maximum Gasteiger partial charge on any atom is 3.00 e. The second-order valence-electron chi connectivity index (χ2n) is 3.00. The van der Waals surface area contributed by atoms with Gasteiger partial charge in [-0.25, -0.2) is 9.78 Å². The van der Waals surface area contributed by atoms with Crippen molar-refractivity contribution in [3.63, 3.8) is 0 Å². The number of hydrogen-bond donors (Lipinski definition) is 2. The molecule has 2 rings (SSSR count). The van der Waals surface area contributed by atoms with E-state index in [0.717, 1.165) is 0 Å². The van der Waals surface area contributed by atoms with Crippen LogP contribution in [0.5, 0.6) is 0 Å². The normalized spacial score (nSPS) is 24.1. The minimum Gasteiger partial charge on any atom is -0.413 e. The summed E-state index contributed by atoms with van der Waals surface area (Å²) in [6.45, 7) is -0.0674. The Morgan fingerprint density at radius 2 is 2.56 bits per heavy atom. The van der Waals surface area contributed by atoms with Gasteiger partial charge in [0.25, 0.3) is 0 Å². The number of nitrogen functional groups attached to an aromatic ring is 1. The third-order valence-corrected chi connectivity index (χ3v) is 3.09. The summed E-state index contributed by atoms with van der Waals surface area (Å²) < 4.78 is 6.71. The standard InChI is InChI=1S/C8H10N3O3S.Y/c9-5-1-2-11(8(13)10-5)6-4-15-7(3-12)14-6;/h2,6-7,12H,3-4H2,(H2,9,10,13);/q-1;+3. The fraction of sp³-hybridized carbons (Fsp3) is 0.500. The largest absolute Gasteiger partial charge is 3.00 e. The van der Waals surface area contributed by atoms with E-state index in [9.17, 15) is 4.79 Å². The zero-order chi connectivity index (χ0) is 10.8. The van der Waals surface area contributed by atoms with Gasteiger partial charge in [0.2, 0.25) is 0 Å². The van der Waals surface area contributed by atoms with Crippen LogP contribution in [0.4, 0.5) is 5.82 Å². The van der Waals surface area contributed by atoms with Crippen LogP contribution in [0.15, 0.2) is 11.0 Å². The second-order valence-corrected chi connectivity index (χ2v) is 4.19. The van der Waals surface area contributed by atoms with Gasteiger partial charge in [-0.3, -0.25) is 0 Å². The molecule has 16 heavy (non-hydrogen) atoms. The van der Waals surface area contributed by atoms with Gasteiger partial charge in [0, 0.05) is 5.75 Å². The molecule has 1 aromatic rings. The van der Waals surface area contributed by atoms with Crippen molar-refractivity contribution in [2.24, 2.45) is 0 Å². The molecule has 1 fully saturated rings. The molecule has 2 heterocycles. The van der Waals surface area contributed by atoms with Crippen molar-refractivity contribution in [3.05, 3.63) is 22.7 Å². The molecule has 1 saturated heterocycles. The minimum absolute atomic E-state index is 0. The molecule has 2 unspecified atom stereocenters. The zero-order valence-corrected chi connectivity index (χ0v) is 12.0. The molecule has 8 heteroatoms. The zero-order valence-electron chi connectivity index (χ0n) is 8.37. The van der Waals surface area contributed by atoms with E-state index in [1.165, 1.54) is 22.5 Å². The molecule has 0 aliphatic carbocycles. The van der Waals surface area contributed by atoms with Crippen LogP contribution in [-0.2, 0) is 37.4 Å². The molecular weight excluding hydrogens is 307 g/mol. The van der Waals surface area contributed by atoms with Gasteiger partial charge < -0.3 is 26.2 Å². The van der Waals surface area contributed by atoms with E-state index in [-0.39, 0.29) is 50.6 Å². The van der Waals surface area contributed by atoms with Gasteiger partial charge in [-0.1, -0.05) is 5.82 Å². The topological polar surface area (TPSA) is 90.4 Å². The van der Waals surface area contributed by atoms with Gasteiger partial charge in [-0.05, 0) is 0 Å². The number of thioether (sulfide) groups is 1. The number of hydrogen-bond acceptors (Lipinski definition) is 6. The van der Waals surface area contributed by atoms with Gasteiger partial charge >= 0.3 is 38.4 Å². The Morgan fingerprint density at radius 1 is 1.81 bits per heavy atom. The van der Waals surface area contributed by atoms with Crippen LogP contribution in [0, 0.1) is 6.07 Å². The van der Waals surface area contributed by atoms with Crippen molar-refractivity contribution >= 4 is 17.6 Å². The van der Waals surface area contributed by atoms with Crippen molar-refractivity contribution in [1.82, 2.24) is 9.55 Å². The van der Waals surface area contributed by atoms with E-state index < -0.39 is 11.9 Å². The molecule has 6 nitrogen and oxygen atoms in total. The summed E-state index contributed by atoms with van der Waals surface area (Å²) in [5.74, 6) is 0.672. The molecule has 3 N–H and O–H groups in total. The molecule has 82 valence electrons. The summed E-state index contributed by atoms with van der Waals surface area (Å²) in [4.78, 5) is 15.0. The van der Waals surface area contributed by atoms with Crippen molar-refractivity contribution in [3.8, 4) is 0 Å². The Kier molecular flexibility index (Phi) is 5.39. The van der Waals surface area contributed by atoms with Crippen molar-refractivity contribution in [1.29, 1.82) is 0 Å². The van der Waals surface area contributed by atoms with E-state index in [0.29, 0.717) is 5.75 Å². The number of aliphatic hydroxyl groups excluding tert-OH is 1. The van der Waals surface area contributed by atoms with E-state index in [2.05, 4.69) is 11.1 Å². The van der Waals surface area contributed by atoms with Crippen LogP contribution in [0.25, 0.3) is 0 Å². The Balaban J connectivity index is 0.00000128. The number of ether oxygens (including phenoxy) is 1. The Bertz CT molecular complexity index is 414. The first kappa shape index (κ1) is 14.1. The summed E-state index contributed by atoms with van der Waals surface area (Å²) in [5.41, 5.74) is 4.57. The Hall–Kier alpha value is 0.0539. The average molecular weight is 317 g/mol. The van der Waals surface area contributed by atoms with Gasteiger partial charge in [-0.15, -0.1) is 11.8 Å². The van der Waals surface area contributed by atoms with E-state index in [4.69, 9.17) is 15.6 Å². The molecule has 2 atom stereocenters. The number of rotatable bonds is 2. The monoisotopic (exact) mass is 317 g/mol. The van der Waals surface area contributed by atoms with Gasteiger partial charge in [0.1, 0.15) is 11.7 Å². The molecule has 1 aliphatic rings. The maximum absolute atomic E-state index is 11.4. The second kappa shape index (κ2) is 6.11. The predicted octanol–water partition coefficient (Wildman–Crippen LogP) is -0.796. The van der Waals surface area contributed by atoms with E-state index >= 15 is 0 Å². The number of nitrogens with two attached hydrogens (primary N) is 1. The minimum atomic E-state index is -0.463. The van der Waals surface area contributed by atoms with Crippen molar-refractivity contribution in [2.45, 2.75) is 11.7 Å². The van der Waals surface area contributed by atoms with Crippen molar-refractivity contribution in [2.75, 3.05) is 18.1 Å². The third kappa shape index (κ3) is 3.04. The molecule has 0 saturated carbocycles. The van der Waals surface area contributed by atoms with Crippen LogP contribution in [-0.4, -0.2) is 32.5 Å². The molecule has 0 aromatic carbocycles. The SMILES string of the molecule is Nc1[c-]cn(C2CSC(CO)O2)c(=O)n1.[Y+3]. The summed E-state index contributed by atoms with van der Waals surface area (Å²) in [6, 6.07) is 2.63. The van der Waals surface area contributed by atoms with Crippen molar-refractivity contribution < 1.29 is 42.6 Å². The molecule has 0 spiro atoms. The van der Waals surface area contributed by atoms with Gasteiger partial charge in [0.05, 0.1) is 6.61 Å². The summed E-state index contributed by atoms with van der Waals surface area (Å²) in [5, 5.41) is 8.87. The first-order valence-corrected chi connectivity index (χ1v) is 5.40. The number of nitrogens with zero attached hydrogens (tertiary/aromatic N) is 2.